The minimum Gasteiger partial charge on any atom is -0.342 e. The number of fused-ring (bicyclic) bond motifs is 1. The van der Waals surface area contributed by atoms with Crippen LogP contribution in [-0.2, 0) is 10.2 Å². The zero-order valence-electron chi connectivity index (χ0n) is 13.6. The molecule has 2 saturated carbocycles. The lowest BCUT2D eigenvalue weighted by Gasteiger charge is -2.42. The third-order valence-electron chi connectivity index (χ3n) is 6.60. The van der Waals surface area contributed by atoms with Crippen LogP contribution in [0.1, 0.15) is 43.5 Å². The van der Waals surface area contributed by atoms with Gasteiger partial charge in [0.15, 0.2) is 5.82 Å². The number of amides is 1. The zero-order valence-corrected chi connectivity index (χ0v) is 13.6. The van der Waals surface area contributed by atoms with Crippen LogP contribution in [0.4, 0.5) is 0 Å². The van der Waals surface area contributed by atoms with E-state index in [1.54, 1.807) is 0 Å². The van der Waals surface area contributed by atoms with E-state index in [9.17, 15) is 4.79 Å². The predicted molar refractivity (Wildman–Crippen MR) is 87.0 cm³/mol. The molecule has 2 unspecified atom stereocenters. The third-order valence-corrected chi connectivity index (χ3v) is 6.60. The average molecular weight is 323 g/mol. The maximum atomic E-state index is 12.9. The number of hydrogen-bond acceptors (Lipinski definition) is 4. The zero-order chi connectivity index (χ0) is 16.2. The quantitative estimate of drug-likeness (QED) is 0.936. The maximum absolute atomic E-state index is 12.9. The van der Waals surface area contributed by atoms with Gasteiger partial charge in [0.25, 0.3) is 0 Å². The first kappa shape index (κ1) is 14.1. The van der Waals surface area contributed by atoms with Crippen LogP contribution in [0.5, 0.6) is 0 Å². The highest BCUT2D eigenvalue weighted by molar-refractivity contribution is 5.87. The molecule has 2 aliphatic carbocycles. The Morgan fingerprint density at radius 3 is 2.50 bits per heavy atom. The molecule has 1 aliphatic heterocycles. The topological polar surface area (TPSA) is 74.8 Å². The second-order valence-corrected chi connectivity index (χ2v) is 7.57. The number of nitrogens with one attached hydrogen (secondary N) is 1. The summed E-state index contributed by atoms with van der Waals surface area (Å²) in [5, 5.41) is 15.0. The molecule has 0 bridgehead atoms. The van der Waals surface area contributed by atoms with Gasteiger partial charge in [-0.1, -0.05) is 35.5 Å². The van der Waals surface area contributed by atoms with Crippen LogP contribution < -0.4 is 0 Å². The normalized spacial score (nSPS) is 30.3. The standard InChI is InChI=1S/C18H21N5O/c24-16(18-7-6-14(18)12-18)23-10-8-17(9-11-23,15-19-21-22-20-15)13-4-2-1-3-5-13/h1-5,14H,6-12H2,(H,19,20,21,22). The molecule has 24 heavy (non-hydrogen) atoms. The van der Waals surface area contributed by atoms with Crippen molar-refractivity contribution in [1.82, 2.24) is 25.5 Å². The lowest BCUT2D eigenvalue weighted by Crippen LogP contribution is -2.49. The van der Waals surface area contributed by atoms with Gasteiger partial charge in [-0.05, 0) is 43.6 Å². The highest BCUT2D eigenvalue weighted by Crippen LogP contribution is 2.68. The molecule has 1 N–H and O–H groups in total. The first-order valence-corrected chi connectivity index (χ1v) is 8.83. The second kappa shape index (κ2) is 4.88. The molecule has 3 aliphatic rings. The Labute approximate surface area is 140 Å². The summed E-state index contributed by atoms with van der Waals surface area (Å²) in [6.07, 6.45) is 5.17. The van der Waals surface area contributed by atoms with Crippen molar-refractivity contribution >= 4 is 5.91 Å². The summed E-state index contributed by atoms with van der Waals surface area (Å²) in [4.78, 5) is 14.9. The molecule has 124 valence electrons. The van der Waals surface area contributed by atoms with Gasteiger partial charge in [0, 0.05) is 13.1 Å². The summed E-state index contributed by atoms with van der Waals surface area (Å²) >= 11 is 0. The first-order chi connectivity index (χ1) is 11.7. The fourth-order valence-electron chi connectivity index (χ4n) is 4.82. The highest BCUT2D eigenvalue weighted by Gasteiger charge is 2.67. The van der Waals surface area contributed by atoms with Crippen molar-refractivity contribution in [3.8, 4) is 0 Å². The molecule has 1 saturated heterocycles. The summed E-state index contributed by atoms with van der Waals surface area (Å²) in [6, 6.07) is 10.4. The molecule has 0 spiro atoms. The molecule has 3 fully saturated rings. The molecular weight excluding hydrogens is 302 g/mol. The van der Waals surface area contributed by atoms with Gasteiger partial charge in [-0.3, -0.25) is 4.79 Å². The fraction of sp³-hybridized carbons (Fsp3) is 0.556. The van der Waals surface area contributed by atoms with Crippen LogP contribution in [-0.4, -0.2) is 44.5 Å². The van der Waals surface area contributed by atoms with Crippen molar-refractivity contribution < 1.29 is 4.79 Å². The summed E-state index contributed by atoms with van der Waals surface area (Å²) in [5.41, 5.74) is 1.01. The molecule has 2 atom stereocenters. The number of carbonyl (C=O) groups excluding carboxylic acids is 1. The average Bonchev–Trinajstić information content (AvgIpc) is 3.00. The van der Waals surface area contributed by atoms with Gasteiger partial charge in [-0.15, -0.1) is 10.2 Å². The number of H-pyrrole nitrogens is 1. The van der Waals surface area contributed by atoms with Crippen molar-refractivity contribution in [2.24, 2.45) is 11.3 Å². The number of piperidine rings is 1. The minimum absolute atomic E-state index is 0.0406. The Bertz CT molecular complexity index is 747. The smallest absolute Gasteiger partial charge is 0.229 e. The number of rotatable bonds is 3. The lowest BCUT2D eigenvalue weighted by atomic mass is 9.71. The number of likely N-dealkylation sites (tertiary alicyclic amines) is 1. The van der Waals surface area contributed by atoms with Crippen molar-refractivity contribution in [2.75, 3.05) is 13.1 Å². The predicted octanol–water partition coefficient (Wildman–Crippen LogP) is 1.91. The van der Waals surface area contributed by atoms with E-state index in [4.69, 9.17) is 0 Å². The fourth-order valence-corrected chi connectivity index (χ4v) is 4.82. The van der Waals surface area contributed by atoms with Crippen molar-refractivity contribution in [1.29, 1.82) is 0 Å². The van der Waals surface area contributed by atoms with E-state index in [0.717, 1.165) is 44.6 Å². The molecule has 0 radical (unpaired) electrons. The van der Waals surface area contributed by atoms with E-state index in [1.807, 2.05) is 6.07 Å². The van der Waals surface area contributed by atoms with Gasteiger partial charge in [0.2, 0.25) is 5.91 Å². The van der Waals surface area contributed by atoms with Gasteiger partial charge >= 0.3 is 0 Å². The Morgan fingerprint density at radius 1 is 1.17 bits per heavy atom. The van der Waals surface area contributed by atoms with Crippen molar-refractivity contribution in [2.45, 2.75) is 37.5 Å². The van der Waals surface area contributed by atoms with E-state index >= 15 is 0 Å². The van der Waals surface area contributed by atoms with E-state index in [-0.39, 0.29) is 10.8 Å². The molecule has 1 aromatic carbocycles. The van der Waals surface area contributed by atoms with Gasteiger partial charge in [0.05, 0.1) is 10.8 Å². The second-order valence-electron chi connectivity index (χ2n) is 7.57. The Balaban J connectivity index is 1.41. The molecule has 5 rings (SSSR count). The Hall–Kier alpha value is -2.24. The van der Waals surface area contributed by atoms with Crippen LogP contribution in [0.15, 0.2) is 30.3 Å². The monoisotopic (exact) mass is 323 g/mol. The summed E-state index contributed by atoms with van der Waals surface area (Å²) in [5.74, 6) is 1.82. The minimum atomic E-state index is -0.245. The van der Waals surface area contributed by atoms with Crippen LogP contribution in [0, 0.1) is 11.3 Å². The highest BCUT2D eigenvalue weighted by atomic mass is 16.2. The molecule has 1 aromatic heterocycles. The lowest BCUT2D eigenvalue weighted by molar-refractivity contribution is -0.141. The maximum Gasteiger partial charge on any atom is 0.229 e. The van der Waals surface area contributed by atoms with Crippen molar-refractivity contribution in [3.63, 3.8) is 0 Å². The van der Waals surface area contributed by atoms with Crippen LogP contribution in [0.3, 0.4) is 0 Å². The van der Waals surface area contributed by atoms with Gasteiger partial charge in [0.1, 0.15) is 0 Å². The Kier molecular flexibility index (Phi) is 2.87. The number of carbonyl (C=O) groups is 1. The van der Waals surface area contributed by atoms with Gasteiger partial charge in [-0.2, -0.15) is 5.21 Å². The molecule has 6 heteroatoms. The van der Waals surface area contributed by atoms with Crippen molar-refractivity contribution in [3.05, 3.63) is 41.7 Å². The number of benzene rings is 1. The first-order valence-electron chi connectivity index (χ1n) is 8.83. The van der Waals surface area contributed by atoms with Crippen LogP contribution in [0.25, 0.3) is 0 Å². The molecule has 2 heterocycles. The number of aromatic nitrogens is 4. The van der Waals surface area contributed by atoms with E-state index < -0.39 is 0 Å². The largest absolute Gasteiger partial charge is 0.342 e. The number of hydrogen-bond donors (Lipinski definition) is 1. The Morgan fingerprint density at radius 2 is 1.96 bits per heavy atom. The van der Waals surface area contributed by atoms with E-state index in [2.05, 4.69) is 49.8 Å². The van der Waals surface area contributed by atoms with E-state index in [1.165, 1.54) is 12.0 Å². The SMILES string of the molecule is O=C(N1CCC(c2ccccc2)(c2nn[nH]n2)CC1)C12CCC1C2. The van der Waals surface area contributed by atoms with Crippen LogP contribution in [0.2, 0.25) is 0 Å². The number of tetrazole rings is 1. The summed E-state index contributed by atoms with van der Waals surface area (Å²) in [7, 11) is 0. The third kappa shape index (κ3) is 1.82. The molecule has 2 aromatic rings. The molecular formula is C18H21N5O. The number of aromatic amines is 1. The number of nitrogens with zero attached hydrogens (tertiary/aromatic N) is 4. The summed E-state index contributed by atoms with van der Waals surface area (Å²) < 4.78 is 0. The van der Waals surface area contributed by atoms with Gasteiger partial charge < -0.3 is 4.90 Å². The molecule has 6 nitrogen and oxygen atoms in total. The molecule has 1 amide bonds. The van der Waals surface area contributed by atoms with Crippen LogP contribution >= 0.6 is 0 Å². The van der Waals surface area contributed by atoms with E-state index in [0.29, 0.717) is 11.8 Å². The van der Waals surface area contributed by atoms with Gasteiger partial charge in [-0.25, -0.2) is 0 Å². The summed E-state index contributed by atoms with van der Waals surface area (Å²) in [6.45, 7) is 1.55.